The Labute approximate surface area is 180 Å². The Balaban J connectivity index is 1.58. The number of alkyl halides is 3. The Bertz CT molecular complexity index is 1040. The lowest BCUT2D eigenvalue weighted by molar-refractivity contribution is -0.143. The summed E-state index contributed by atoms with van der Waals surface area (Å²) in [5.74, 6) is -0.879. The number of aromatic nitrogens is 4. The molecular formula is C20H19F4N5O3. The van der Waals surface area contributed by atoms with Gasteiger partial charge in [-0.3, -0.25) is 4.79 Å². The molecule has 0 saturated carbocycles. The van der Waals surface area contributed by atoms with E-state index in [1.165, 1.54) is 43.5 Å². The number of carbonyl (C=O) groups excluding carboxylic acids is 1. The first kappa shape index (κ1) is 23.0. The molecule has 0 bridgehead atoms. The molecule has 12 heteroatoms. The van der Waals surface area contributed by atoms with Crippen LogP contribution in [0.25, 0.3) is 5.82 Å². The number of ether oxygens (including phenoxy) is 2. The van der Waals surface area contributed by atoms with Crippen molar-refractivity contribution < 1.29 is 31.8 Å². The normalized spacial score (nSPS) is 11.3. The lowest BCUT2D eigenvalue weighted by Gasteiger charge is -2.12. The number of amides is 1. The largest absolute Gasteiger partial charge is 0.494 e. The van der Waals surface area contributed by atoms with Gasteiger partial charge in [-0.2, -0.15) is 18.3 Å². The van der Waals surface area contributed by atoms with Gasteiger partial charge in [0.1, 0.15) is 11.6 Å². The fraction of sp³-hybridized carbons (Fsp3) is 0.300. The highest BCUT2D eigenvalue weighted by molar-refractivity contribution is 5.95. The quantitative estimate of drug-likeness (QED) is 0.394. The molecule has 0 saturated heterocycles. The first-order valence-electron chi connectivity index (χ1n) is 9.49. The molecule has 0 radical (unpaired) electrons. The second-order valence-corrected chi connectivity index (χ2v) is 6.52. The highest BCUT2D eigenvalue weighted by atomic mass is 19.4. The summed E-state index contributed by atoms with van der Waals surface area (Å²) in [6.45, 7) is 0.444. The van der Waals surface area contributed by atoms with Crippen LogP contribution in [0.1, 0.15) is 28.9 Å². The fourth-order valence-corrected chi connectivity index (χ4v) is 2.74. The van der Waals surface area contributed by atoms with E-state index in [1.54, 1.807) is 0 Å². The molecular weight excluding hydrogens is 434 g/mol. The van der Waals surface area contributed by atoms with Gasteiger partial charge in [0, 0.05) is 12.6 Å². The Morgan fingerprint density at radius 1 is 1.09 bits per heavy atom. The monoisotopic (exact) mass is 453 g/mol. The number of carbonyl (C=O) groups is 1. The van der Waals surface area contributed by atoms with Crippen LogP contribution < -0.4 is 14.8 Å². The predicted octanol–water partition coefficient (Wildman–Crippen LogP) is 3.42. The zero-order valence-corrected chi connectivity index (χ0v) is 16.9. The van der Waals surface area contributed by atoms with Crippen LogP contribution in [0.15, 0.2) is 42.6 Å². The lowest BCUT2D eigenvalue weighted by Crippen LogP contribution is -2.27. The van der Waals surface area contributed by atoms with Crippen LogP contribution in [0.4, 0.5) is 17.6 Å². The van der Waals surface area contributed by atoms with Crippen molar-refractivity contribution >= 4 is 5.91 Å². The van der Waals surface area contributed by atoms with Crippen molar-refractivity contribution in [2.75, 3.05) is 20.3 Å². The summed E-state index contributed by atoms with van der Waals surface area (Å²) in [4.78, 5) is 12.4. The number of nitrogens with zero attached hydrogens (tertiary/aromatic N) is 4. The van der Waals surface area contributed by atoms with Crippen molar-refractivity contribution in [1.29, 1.82) is 0 Å². The standard InChI is InChI=1S/C20H19F4N5O3/c1-31-17-9-8-16(27-28-17)29-18(20(22,23)24)15(12-26-29)19(30)25-10-2-3-11-32-14-6-4-13(21)5-7-14/h4-9,12H,2-3,10-11H2,1H3,(H,25,30). The highest BCUT2D eigenvalue weighted by Gasteiger charge is 2.40. The molecule has 1 aromatic carbocycles. The number of hydrogen-bond acceptors (Lipinski definition) is 6. The summed E-state index contributed by atoms with van der Waals surface area (Å²) >= 11 is 0. The van der Waals surface area contributed by atoms with Crippen LogP contribution in [0, 0.1) is 5.82 Å². The van der Waals surface area contributed by atoms with Gasteiger partial charge in [0.25, 0.3) is 5.91 Å². The second kappa shape index (κ2) is 10.1. The van der Waals surface area contributed by atoms with E-state index >= 15 is 0 Å². The minimum Gasteiger partial charge on any atom is -0.494 e. The maximum atomic E-state index is 13.7. The molecule has 0 unspecified atom stereocenters. The summed E-state index contributed by atoms with van der Waals surface area (Å²) in [5.41, 5.74) is -1.88. The molecule has 0 atom stereocenters. The molecule has 3 aromatic rings. The Morgan fingerprint density at radius 2 is 1.84 bits per heavy atom. The van der Waals surface area contributed by atoms with Crippen molar-refractivity contribution in [3.63, 3.8) is 0 Å². The SMILES string of the molecule is COc1ccc(-n2ncc(C(=O)NCCCCOc3ccc(F)cc3)c2C(F)(F)F)nn1. The van der Waals surface area contributed by atoms with Crippen LogP contribution in [-0.4, -0.2) is 46.1 Å². The van der Waals surface area contributed by atoms with E-state index in [1.807, 2.05) is 0 Å². The molecule has 2 heterocycles. The summed E-state index contributed by atoms with van der Waals surface area (Å²) in [5, 5.41) is 13.4. The molecule has 0 aliphatic carbocycles. The third-order valence-electron chi connectivity index (χ3n) is 4.27. The van der Waals surface area contributed by atoms with Gasteiger partial charge in [-0.25, -0.2) is 9.07 Å². The van der Waals surface area contributed by atoms with Gasteiger partial charge < -0.3 is 14.8 Å². The van der Waals surface area contributed by atoms with Crippen molar-refractivity contribution in [3.8, 4) is 17.4 Å². The second-order valence-electron chi connectivity index (χ2n) is 6.52. The van der Waals surface area contributed by atoms with Gasteiger partial charge in [0.05, 0.1) is 25.5 Å². The van der Waals surface area contributed by atoms with Gasteiger partial charge in [-0.05, 0) is 43.2 Å². The van der Waals surface area contributed by atoms with E-state index in [2.05, 4.69) is 20.6 Å². The van der Waals surface area contributed by atoms with Crippen LogP contribution in [0.5, 0.6) is 11.6 Å². The van der Waals surface area contributed by atoms with Crippen molar-refractivity contribution in [3.05, 3.63) is 59.7 Å². The van der Waals surface area contributed by atoms with Crippen molar-refractivity contribution in [2.45, 2.75) is 19.0 Å². The number of halogens is 4. The third-order valence-corrected chi connectivity index (χ3v) is 4.27. The number of nitrogens with one attached hydrogen (secondary N) is 1. The maximum Gasteiger partial charge on any atom is 0.434 e. The van der Waals surface area contributed by atoms with Crippen LogP contribution >= 0.6 is 0 Å². The molecule has 0 spiro atoms. The molecule has 0 fully saturated rings. The number of rotatable bonds is 9. The summed E-state index contributed by atoms with van der Waals surface area (Å²) in [7, 11) is 1.34. The molecule has 3 rings (SSSR count). The summed E-state index contributed by atoms with van der Waals surface area (Å²) in [6.07, 6.45) is -3.02. The average molecular weight is 453 g/mol. The van der Waals surface area contributed by atoms with E-state index < -0.39 is 23.3 Å². The van der Waals surface area contributed by atoms with Crippen LogP contribution in [0.2, 0.25) is 0 Å². The Morgan fingerprint density at radius 3 is 2.47 bits per heavy atom. The van der Waals surface area contributed by atoms with E-state index in [9.17, 15) is 22.4 Å². The fourth-order valence-electron chi connectivity index (χ4n) is 2.74. The number of methoxy groups -OCH3 is 1. The van der Waals surface area contributed by atoms with Crippen molar-refractivity contribution in [2.24, 2.45) is 0 Å². The van der Waals surface area contributed by atoms with Gasteiger partial charge >= 0.3 is 6.18 Å². The van der Waals surface area contributed by atoms with Gasteiger partial charge in [0.15, 0.2) is 11.5 Å². The maximum absolute atomic E-state index is 13.7. The molecule has 1 amide bonds. The molecule has 32 heavy (non-hydrogen) atoms. The molecule has 170 valence electrons. The minimum absolute atomic E-state index is 0.121. The van der Waals surface area contributed by atoms with E-state index in [4.69, 9.17) is 9.47 Å². The zero-order chi connectivity index (χ0) is 23.1. The molecule has 2 aromatic heterocycles. The molecule has 1 N–H and O–H groups in total. The molecule has 8 nitrogen and oxygen atoms in total. The topological polar surface area (TPSA) is 91.2 Å². The number of hydrogen-bond donors (Lipinski definition) is 1. The first-order valence-corrected chi connectivity index (χ1v) is 9.49. The smallest absolute Gasteiger partial charge is 0.434 e. The van der Waals surface area contributed by atoms with Crippen LogP contribution in [0.3, 0.4) is 0 Å². The van der Waals surface area contributed by atoms with Crippen molar-refractivity contribution in [1.82, 2.24) is 25.3 Å². The number of unbranched alkanes of at least 4 members (excludes halogenated alkanes) is 1. The number of benzene rings is 1. The minimum atomic E-state index is -4.85. The van der Waals surface area contributed by atoms with Gasteiger partial charge in [0.2, 0.25) is 5.88 Å². The molecule has 0 aliphatic rings. The Hall–Kier alpha value is -3.70. The Kier molecular flexibility index (Phi) is 7.23. The summed E-state index contributed by atoms with van der Waals surface area (Å²) in [6, 6.07) is 8.09. The average Bonchev–Trinajstić information content (AvgIpc) is 3.23. The highest BCUT2D eigenvalue weighted by Crippen LogP contribution is 2.33. The lowest BCUT2D eigenvalue weighted by atomic mass is 10.2. The molecule has 0 aliphatic heterocycles. The third kappa shape index (κ3) is 5.71. The first-order chi connectivity index (χ1) is 15.3. The predicted molar refractivity (Wildman–Crippen MR) is 104 cm³/mol. The van der Waals surface area contributed by atoms with Gasteiger partial charge in [-0.1, -0.05) is 0 Å². The van der Waals surface area contributed by atoms with E-state index in [0.29, 0.717) is 29.9 Å². The zero-order valence-electron chi connectivity index (χ0n) is 16.9. The van der Waals surface area contributed by atoms with Crippen LogP contribution in [-0.2, 0) is 6.18 Å². The van der Waals surface area contributed by atoms with E-state index in [-0.39, 0.29) is 24.1 Å². The van der Waals surface area contributed by atoms with Gasteiger partial charge in [-0.15, -0.1) is 10.2 Å². The summed E-state index contributed by atoms with van der Waals surface area (Å²) < 4.78 is 64.6. The van der Waals surface area contributed by atoms with E-state index in [0.717, 1.165) is 6.20 Å².